The van der Waals surface area contributed by atoms with E-state index in [2.05, 4.69) is 25.4 Å². The van der Waals surface area contributed by atoms with Gasteiger partial charge in [-0.25, -0.2) is 9.36 Å². The number of aliphatic hydroxyl groups is 1. The molecule has 1 saturated heterocycles. The minimum Gasteiger partial charge on any atom is -0.412 e. The Kier molecular flexibility index (Phi) is 38.3. The van der Waals surface area contributed by atoms with Gasteiger partial charge >= 0.3 is 13.5 Å². The van der Waals surface area contributed by atoms with Crippen molar-refractivity contribution >= 4 is 43.2 Å². The maximum atomic E-state index is 12.9. The molecule has 0 bridgehead atoms. The van der Waals surface area contributed by atoms with Crippen LogP contribution in [-0.2, 0) is 27.8 Å². The molecule has 0 spiro atoms. The van der Waals surface area contributed by atoms with Crippen molar-refractivity contribution in [3.8, 4) is 0 Å². The summed E-state index contributed by atoms with van der Waals surface area (Å²) >= 11 is 0. The molecular weight excluding hydrogens is 796 g/mol. The molecule has 15 heteroatoms. The van der Waals surface area contributed by atoms with Crippen LogP contribution in [0.4, 0.5) is 5.82 Å². The zero-order valence-electron chi connectivity index (χ0n) is 38.2. The van der Waals surface area contributed by atoms with Crippen molar-refractivity contribution in [3.05, 3.63) is 34.9 Å². The van der Waals surface area contributed by atoms with Gasteiger partial charge in [-0.05, 0) is 18.9 Å². The van der Waals surface area contributed by atoms with E-state index < -0.39 is 44.7 Å². The van der Waals surface area contributed by atoms with Crippen molar-refractivity contribution in [2.75, 3.05) is 38.8 Å². The molecule has 5 atom stereocenters. The summed E-state index contributed by atoms with van der Waals surface area (Å²) in [5.74, 6) is 0.0470. The third-order valence-electron chi connectivity index (χ3n) is 11.1. The number of nitrogens with zero attached hydrogens (tertiary/aromatic N) is 2. The van der Waals surface area contributed by atoms with Gasteiger partial charge in [0.05, 0.1) is 19.8 Å². The van der Waals surface area contributed by atoms with Crippen LogP contribution in [-0.4, -0.2) is 106 Å². The number of phosphoric acid groups is 1. The van der Waals surface area contributed by atoms with Gasteiger partial charge in [-0.1, -0.05) is 187 Å². The fourth-order valence-electron chi connectivity index (χ4n) is 7.38. The molecule has 13 nitrogen and oxygen atoms in total. The number of rotatable bonds is 40. The summed E-state index contributed by atoms with van der Waals surface area (Å²) in [6, 6.07) is 1.42. The Balaban J connectivity index is 0.0000174. The number of aliphatic hydroxyl groups excluding tert-OH is 1. The molecule has 347 valence electrons. The summed E-state index contributed by atoms with van der Waals surface area (Å²) in [6.45, 7) is 9.04. The van der Waals surface area contributed by atoms with Gasteiger partial charge in [-0.2, -0.15) is 4.98 Å². The van der Waals surface area contributed by atoms with Gasteiger partial charge in [0.15, 0.2) is 6.23 Å². The van der Waals surface area contributed by atoms with E-state index in [0.717, 1.165) is 30.3 Å². The van der Waals surface area contributed by atoms with E-state index in [1.165, 1.54) is 166 Å². The molecule has 2 rings (SSSR count). The van der Waals surface area contributed by atoms with Crippen LogP contribution in [0.1, 0.15) is 200 Å². The van der Waals surface area contributed by atoms with E-state index in [0.29, 0.717) is 13.2 Å². The minimum atomic E-state index is -4.56. The number of nitrogen functional groups attached to an aromatic ring is 1. The molecule has 1 radical (unpaired) electrons. The van der Waals surface area contributed by atoms with Crippen molar-refractivity contribution in [1.82, 2.24) is 9.55 Å². The van der Waals surface area contributed by atoms with Crippen molar-refractivity contribution in [2.24, 2.45) is 0 Å². The molecule has 1 aromatic rings. The number of nitrogens with two attached hydrogens (primary N) is 1. The number of ether oxygens (including phenoxy) is 3. The van der Waals surface area contributed by atoms with E-state index in [1.54, 1.807) is 0 Å². The molecule has 0 aromatic carbocycles. The van der Waals surface area contributed by atoms with E-state index in [-0.39, 0.29) is 59.6 Å². The van der Waals surface area contributed by atoms with Crippen molar-refractivity contribution in [1.29, 1.82) is 0 Å². The van der Waals surface area contributed by atoms with E-state index in [4.69, 9.17) is 29.0 Å². The molecule has 0 amide bonds. The molecular formula is C45H86N3NaO10P. The van der Waals surface area contributed by atoms with Crippen LogP contribution in [0, 0.1) is 0 Å². The van der Waals surface area contributed by atoms with E-state index in [1.807, 2.05) is 0 Å². The number of aromatic nitrogens is 2. The van der Waals surface area contributed by atoms with Crippen LogP contribution in [0.25, 0.3) is 0 Å². The normalized spacial score (nSPS) is 17.9. The first kappa shape index (κ1) is 59.3. The second kappa shape index (κ2) is 38.8. The van der Waals surface area contributed by atoms with Gasteiger partial charge in [0.1, 0.15) is 24.1 Å². The fraction of sp³-hybridized carbons (Fsp3) is 0.867. The van der Waals surface area contributed by atoms with Crippen LogP contribution in [0.15, 0.2) is 29.2 Å². The van der Waals surface area contributed by atoms with Crippen LogP contribution in [0.2, 0.25) is 0 Å². The molecule has 1 fully saturated rings. The third kappa shape index (κ3) is 28.9. The molecule has 0 aliphatic carbocycles. The summed E-state index contributed by atoms with van der Waals surface area (Å²) in [4.78, 5) is 26.5. The first-order valence-corrected chi connectivity index (χ1v) is 24.9. The Labute approximate surface area is 385 Å². The Morgan fingerprint density at radius 2 is 1.18 bits per heavy atom. The Hall–Kier alpha value is -0.670. The van der Waals surface area contributed by atoms with Gasteiger partial charge in [-0.15, -0.1) is 0 Å². The molecule has 0 saturated carbocycles. The zero-order valence-corrected chi connectivity index (χ0v) is 41.1. The summed E-state index contributed by atoms with van der Waals surface area (Å²) < 4.78 is 42.5. The molecule has 2 heterocycles. The van der Waals surface area contributed by atoms with Gasteiger partial charge in [-0.3, -0.25) is 13.6 Å². The number of hydrogen-bond donors (Lipinski definition) is 3. The predicted octanol–water partition coefficient (Wildman–Crippen LogP) is 9.93. The molecule has 6 N–H and O–H groups in total. The Morgan fingerprint density at radius 1 is 0.750 bits per heavy atom. The topological polar surface area (TPSA) is 196 Å². The maximum absolute atomic E-state index is 12.9. The van der Waals surface area contributed by atoms with Gasteiger partial charge in [0, 0.05) is 54.5 Å². The summed E-state index contributed by atoms with van der Waals surface area (Å²) in [5.41, 5.74) is 5.09. The third-order valence-corrected chi connectivity index (χ3v) is 12.0. The number of hydrogen-bond acceptors (Lipinski definition) is 10. The minimum absolute atomic E-state index is 0. The maximum Gasteiger partial charge on any atom is 0.472 e. The average molecular weight is 883 g/mol. The van der Waals surface area contributed by atoms with E-state index in [9.17, 15) is 19.4 Å². The van der Waals surface area contributed by atoms with Crippen molar-refractivity contribution in [3.63, 3.8) is 0 Å². The van der Waals surface area contributed by atoms with Crippen LogP contribution >= 0.6 is 7.82 Å². The van der Waals surface area contributed by atoms with Gasteiger partial charge in [0.25, 0.3) is 0 Å². The smallest absolute Gasteiger partial charge is 0.412 e. The second-order valence-electron chi connectivity index (χ2n) is 16.4. The molecule has 1 aliphatic heterocycles. The van der Waals surface area contributed by atoms with Gasteiger partial charge in [0.2, 0.25) is 0 Å². The van der Waals surface area contributed by atoms with E-state index >= 15 is 0 Å². The van der Waals surface area contributed by atoms with Crippen molar-refractivity contribution < 1.29 is 43.3 Å². The summed E-state index contributed by atoms with van der Waals surface area (Å²) in [5, 5.41) is 10.7. The van der Waals surface area contributed by atoms with Crippen LogP contribution in [0.5, 0.6) is 0 Å². The van der Waals surface area contributed by atoms with Crippen LogP contribution in [0.3, 0.4) is 0 Å². The summed E-state index contributed by atoms with van der Waals surface area (Å²) in [6.07, 6.45) is 33.4. The molecule has 60 heavy (non-hydrogen) atoms. The average Bonchev–Trinajstić information content (AvgIpc) is 3.48. The predicted molar refractivity (Wildman–Crippen MR) is 244 cm³/mol. The van der Waals surface area contributed by atoms with Gasteiger partial charge < -0.3 is 35.4 Å². The standard InChI is InChI=1S/C45H84N3O9P.Na.H2O/c1-4-6-8-10-12-14-16-18-20-22-24-26-28-30-34-53-36-40(54-35-31-29-27-25-23-21-19-17-15-13-11-9-7-5-2)37-55-58(51,52)56-38-41-43(49)39(3)44(57-41)48-33-32-42(46)47-45(48)50;;/h32-33,40-41,43-44,49H,3-31,34-38H2,1-2H3,(H,51,52)(H2,46,47,50);;1H2/t40-,41-,43+,44-;;/m1../s1. The Bertz CT molecular complexity index is 1280. The number of anilines is 1. The van der Waals surface area contributed by atoms with Crippen molar-refractivity contribution in [2.45, 2.75) is 218 Å². The number of phosphoric ester groups is 1. The first-order valence-electron chi connectivity index (χ1n) is 23.4. The largest absolute Gasteiger partial charge is 0.472 e. The molecule has 1 aliphatic rings. The van der Waals surface area contributed by atoms with Crippen LogP contribution < -0.4 is 11.4 Å². The number of unbranched alkanes of at least 4 members (excludes halogenated alkanes) is 26. The second-order valence-corrected chi connectivity index (χ2v) is 17.9. The molecule has 1 aromatic heterocycles. The summed E-state index contributed by atoms with van der Waals surface area (Å²) in [7, 11) is -4.56. The monoisotopic (exact) mass is 883 g/mol. The zero-order chi connectivity index (χ0) is 42.1. The molecule has 1 unspecified atom stereocenters. The first-order chi connectivity index (χ1) is 28.2. The SMILES string of the molecule is C=C1[C@H](n2ccc(N)nc2=O)O[C@H](COP(=O)(O)OC[C@@H](COCCCCCCCCCCCCCCCC)OCCCCCCCCCCCCCCCC)[C@H]1O.O.[Na]. The fourth-order valence-corrected chi connectivity index (χ4v) is 8.14. The Morgan fingerprint density at radius 3 is 1.63 bits per heavy atom. The quantitative estimate of drug-likeness (QED) is 0.0246.